The van der Waals surface area contributed by atoms with Crippen molar-refractivity contribution in [1.82, 2.24) is 19.9 Å². The molecule has 0 saturated heterocycles. The molecule has 0 aliphatic heterocycles. The lowest BCUT2D eigenvalue weighted by atomic mass is 10.1. The fourth-order valence-corrected chi connectivity index (χ4v) is 4.83. The Morgan fingerprint density at radius 1 is 1.10 bits per heavy atom. The number of hydrogen-bond donors (Lipinski definition) is 2. The van der Waals surface area contributed by atoms with E-state index in [0.29, 0.717) is 50.6 Å². The number of furan rings is 1. The molecule has 5 rings (SSSR count). The van der Waals surface area contributed by atoms with Gasteiger partial charge in [-0.15, -0.1) is 0 Å². The van der Waals surface area contributed by atoms with Gasteiger partial charge in [0.15, 0.2) is 5.76 Å². The maximum absolute atomic E-state index is 13.4. The fourth-order valence-electron chi connectivity index (χ4n) is 4.29. The zero-order valence-electron chi connectivity index (χ0n) is 22.9. The van der Waals surface area contributed by atoms with Crippen molar-refractivity contribution in [3.63, 3.8) is 0 Å². The molecule has 11 heteroatoms. The van der Waals surface area contributed by atoms with Gasteiger partial charge in [0, 0.05) is 41.2 Å². The molecule has 1 amide bonds. The van der Waals surface area contributed by atoms with Gasteiger partial charge in [0.2, 0.25) is 0 Å². The van der Waals surface area contributed by atoms with Crippen molar-refractivity contribution in [1.29, 1.82) is 0 Å². The Morgan fingerprint density at radius 3 is 2.67 bits per heavy atom. The number of hydrogen-bond acceptors (Lipinski definition) is 6. The zero-order valence-corrected chi connectivity index (χ0v) is 24.4. The first kappa shape index (κ1) is 28.9. The maximum Gasteiger partial charge on any atom is 0.287 e. The van der Waals surface area contributed by atoms with Gasteiger partial charge in [-0.2, -0.15) is 0 Å². The van der Waals surface area contributed by atoms with Crippen LogP contribution in [-0.4, -0.2) is 32.4 Å². The topological polar surface area (TPSA) is 121 Å². The lowest BCUT2D eigenvalue weighted by molar-refractivity contribution is 0.0905. The second-order valence-electron chi connectivity index (χ2n) is 9.67. The highest BCUT2D eigenvalue weighted by molar-refractivity contribution is 6.35. The number of nitrogens with zero attached hydrogens (tertiary/aromatic N) is 4. The van der Waals surface area contributed by atoms with Crippen LogP contribution in [0.2, 0.25) is 10.0 Å². The van der Waals surface area contributed by atoms with E-state index < -0.39 is 11.9 Å². The Balaban J connectivity index is 1.41. The summed E-state index contributed by atoms with van der Waals surface area (Å²) in [5.74, 6) is 0.990. The van der Waals surface area contributed by atoms with Crippen molar-refractivity contribution < 1.29 is 13.9 Å². The first-order valence-electron chi connectivity index (χ1n) is 13.1. The second kappa shape index (κ2) is 12.9. The van der Waals surface area contributed by atoms with Crippen LogP contribution < -0.4 is 15.8 Å². The molecule has 0 spiro atoms. The van der Waals surface area contributed by atoms with Gasteiger partial charge in [0.05, 0.1) is 29.7 Å². The number of carbonyl (C=O) groups excluding carboxylic acids is 1. The molecule has 3 N–H and O–H groups in total. The molecule has 9 nitrogen and oxygen atoms in total. The minimum Gasteiger partial charge on any atom is -0.490 e. The van der Waals surface area contributed by atoms with Crippen LogP contribution in [0.15, 0.2) is 101 Å². The number of aromatic nitrogens is 3. The van der Waals surface area contributed by atoms with Crippen LogP contribution in [0.3, 0.4) is 0 Å². The van der Waals surface area contributed by atoms with E-state index in [1.807, 2.05) is 42.8 Å². The fraction of sp³-hybridized carbons (Fsp3) is 0.161. The monoisotopic (exact) mass is 602 g/mol. The smallest absolute Gasteiger partial charge is 0.287 e. The third-order valence-electron chi connectivity index (χ3n) is 6.20. The van der Waals surface area contributed by atoms with Gasteiger partial charge in [0.25, 0.3) is 5.91 Å². The summed E-state index contributed by atoms with van der Waals surface area (Å²) in [6.45, 7) is 4.24. The number of pyridine rings is 1. The van der Waals surface area contributed by atoms with Gasteiger partial charge < -0.3 is 24.8 Å². The van der Waals surface area contributed by atoms with Gasteiger partial charge >= 0.3 is 0 Å². The number of amidine groups is 1. The number of aliphatic imine (C=N–C) groups is 1. The van der Waals surface area contributed by atoms with E-state index in [2.05, 4.69) is 20.3 Å². The van der Waals surface area contributed by atoms with E-state index in [0.717, 1.165) is 0 Å². The maximum atomic E-state index is 13.4. The zero-order chi connectivity index (χ0) is 29.6. The molecule has 2 aromatic carbocycles. The summed E-state index contributed by atoms with van der Waals surface area (Å²) in [7, 11) is 0. The number of imidazole rings is 1. The van der Waals surface area contributed by atoms with Crippen molar-refractivity contribution in [2.45, 2.75) is 32.5 Å². The van der Waals surface area contributed by atoms with E-state index in [4.69, 9.17) is 38.1 Å². The van der Waals surface area contributed by atoms with Gasteiger partial charge in [-0.25, -0.2) is 9.98 Å². The third kappa shape index (κ3) is 6.99. The largest absolute Gasteiger partial charge is 0.490 e. The van der Waals surface area contributed by atoms with Crippen molar-refractivity contribution in [2.24, 2.45) is 10.7 Å². The number of benzene rings is 2. The quantitative estimate of drug-likeness (QED) is 0.133. The van der Waals surface area contributed by atoms with Crippen molar-refractivity contribution in [2.75, 3.05) is 0 Å². The number of rotatable bonds is 10. The summed E-state index contributed by atoms with van der Waals surface area (Å²) in [4.78, 5) is 26.2. The minimum atomic E-state index is -0.480. The number of halogens is 2. The molecule has 0 aliphatic rings. The minimum absolute atomic E-state index is 0.123. The summed E-state index contributed by atoms with van der Waals surface area (Å²) in [5.41, 5.74) is 8.70. The summed E-state index contributed by atoms with van der Waals surface area (Å²) < 4.78 is 14.0. The van der Waals surface area contributed by atoms with E-state index >= 15 is 0 Å². The van der Waals surface area contributed by atoms with Crippen LogP contribution in [-0.2, 0) is 6.54 Å². The van der Waals surface area contributed by atoms with E-state index in [-0.39, 0.29) is 17.7 Å². The molecule has 0 aliphatic carbocycles. The lowest BCUT2D eigenvalue weighted by Crippen LogP contribution is -2.31. The number of ether oxygens (including phenoxy) is 1. The predicted octanol–water partition coefficient (Wildman–Crippen LogP) is 6.84. The van der Waals surface area contributed by atoms with Crippen LogP contribution in [0.5, 0.6) is 5.75 Å². The lowest BCUT2D eigenvalue weighted by Gasteiger charge is -2.20. The molecule has 0 unspecified atom stereocenters. The summed E-state index contributed by atoms with van der Waals surface area (Å²) in [5, 5.41) is 3.97. The molecule has 0 radical (unpaired) electrons. The standard InChI is InChI=1S/C31H28Cl2N6O3/c1-19(2)41-29-16-21(37-30(34)25-5-3-4-12-36-25)7-9-23(29)27-10-11-28(42-27)31(40)38-26(17-39-14-13-35-18-39)22-8-6-20(32)15-24(22)33/h3-16,18-19,26H,17H2,1-2H3,(H2,34,37)(H,38,40)/t26-/m0/s1. The number of nitrogens with two attached hydrogens (primary N) is 1. The highest BCUT2D eigenvalue weighted by Gasteiger charge is 2.22. The molecular formula is C31H28Cl2N6O3. The molecule has 0 fully saturated rings. The van der Waals surface area contributed by atoms with Gasteiger partial charge in [0.1, 0.15) is 23.0 Å². The number of nitrogens with one attached hydrogen (secondary N) is 1. The van der Waals surface area contributed by atoms with Crippen LogP contribution in [0.25, 0.3) is 11.3 Å². The molecule has 0 bridgehead atoms. The molecule has 1 atom stereocenters. The molecule has 3 aromatic heterocycles. The van der Waals surface area contributed by atoms with Crippen LogP contribution in [0.4, 0.5) is 5.69 Å². The Labute approximate surface area is 253 Å². The molecule has 5 aromatic rings. The van der Waals surface area contributed by atoms with Crippen LogP contribution in [0.1, 0.15) is 41.7 Å². The summed E-state index contributed by atoms with van der Waals surface area (Å²) >= 11 is 12.6. The van der Waals surface area contributed by atoms with Crippen LogP contribution in [0, 0.1) is 0 Å². The first-order valence-corrected chi connectivity index (χ1v) is 13.9. The van der Waals surface area contributed by atoms with E-state index in [1.54, 1.807) is 67.3 Å². The molecule has 0 saturated carbocycles. The van der Waals surface area contributed by atoms with E-state index in [1.165, 1.54) is 0 Å². The summed E-state index contributed by atoms with van der Waals surface area (Å²) in [6.07, 6.45) is 6.68. The second-order valence-corrected chi connectivity index (χ2v) is 10.5. The third-order valence-corrected chi connectivity index (χ3v) is 6.76. The van der Waals surface area contributed by atoms with Gasteiger partial charge in [-0.05, 0) is 67.9 Å². The van der Waals surface area contributed by atoms with Crippen molar-refractivity contribution in [3.8, 4) is 17.1 Å². The molecule has 42 heavy (non-hydrogen) atoms. The highest BCUT2D eigenvalue weighted by Crippen LogP contribution is 2.36. The number of carbonyl (C=O) groups is 1. The average molecular weight is 604 g/mol. The molecule has 3 heterocycles. The highest BCUT2D eigenvalue weighted by atomic mass is 35.5. The molecule has 214 valence electrons. The van der Waals surface area contributed by atoms with E-state index in [9.17, 15) is 4.79 Å². The average Bonchev–Trinajstić information content (AvgIpc) is 3.66. The van der Waals surface area contributed by atoms with Gasteiger partial charge in [-0.1, -0.05) is 35.3 Å². The Kier molecular flexibility index (Phi) is 8.90. The van der Waals surface area contributed by atoms with Crippen LogP contribution >= 0.6 is 23.2 Å². The normalized spacial score (nSPS) is 12.4. The first-order chi connectivity index (χ1) is 20.3. The summed E-state index contributed by atoms with van der Waals surface area (Å²) in [6, 6.07) is 18.9. The van der Waals surface area contributed by atoms with Crippen molar-refractivity contribution >= 4 is 40.6 Å². The molecular weight excluding hydrogens is 575 g/mol. The van der Waals surface area contributed by atoms with Crippen molar-refractivity contribution in [3.05, 3.63) is 119 Å². The number of amides is 1. The van der Waals surface area contributed by atoms with Gasteiger partial charge in [-0.3, -0.25) is 9.78 Å². The Morgan fingerprint density at radius 2 is 1.95 bits per heavy atom. The SMILES string of the molecule is CC(C)Oc1cc(N=C(N)c2ccccn2)ccc1-c1ccc(C(=O)N[C@@H](Cn2ccnc2)c2ccc(Cl)cc2Cl)o1. The Hall–Kier alpha value is -4.60. The Bertz CT molecular complexity index is 1700. The predicted molar refractivity (Wildman–Crippen MR) is 163 cm³/mol.